The maximum atomic E-state index is 13.8. The molecule has 0 atom stereocenters. The van der Waals surface area contributed by atoms with E-state index in [2.05, 4.69) is 10.2 Å². The summed E-state index contributed by atoms with van der Waals surface area (Å²) in [7, 11) is 1.51. The topological polar surface area (TPSA) is 72.9 Å². The average Bonchev–Trinajstić information content (AvgIpc) is 3.61. The molecule has 1 aliphatic carbocycles. The summed E-state index contributed by atoms with van der Waals surface area (Å²) in [5, 5.41) is 2.75. The first-order valence-corrected chi connectivity index (χ1v) is 10.6. The number of benzene rings is 1. The first-order valence-electron chi connectivity index (χ1n) is 10.6. The lowest BCUT2D eigenvalue weighted by Gasteiger charge is -2.29. The molecular formula is C23H28FN3O4. The van der Waals surface area contributed by atoms with Crippen LogP contribution in [-0.2, 0) is 22.6 Å². The second kappa shape index (κ2) is 9.62. The van der Waals surface area contributed by atoms with Gasteiger partial charge in [0.15, 0.2) is 5.75 Å². The number of rotatable bonds is 7. The van der Waals surface area contributed by atoms with Gasteiger partial charge in [-0.2, -0.15) is 0 Å². The van der Waals surface area contributed by atoms with Gasteiger partial charge < -0.3 is 24.4 Å². The van der Waals surface area contributed by atoms with Crippen LogP contribution in [0.15, 0.2) is 24.3 Å². The number of nitrogens with one attached hydrogen (secondary N) is 1. The van der Waals surface area contributed by atoms with Crippen LogP contribution in [0, 0.1) is 12.7 Å². The fourth-order valence-electron chi connectivity index (χ4n) is 3.70. The van der Waals surface area contributed by atoms with Crippen LogP contribution in [0.2, 0.25) is 0 Å². The van der Waals surface area contributed by atoms with E-state index in [0.717, 1.165) is 48.6 Å². The van der Waals surface area contributed by atoms with Crippen molar-refractivity contribution in [3.05, 3.63) is 52.5 Å². The van der Waals surface area contributed by atoms with Gasteiger partial charge in [-0.3, -0.25) is 0 Å². The molecule has 1 aromatic heterocycles. The molecule has 1 aliphatic heterocycles. The number of morpholine rings is 1. The average molecular weight is 429 g/mol. The Morgan fingerprint density at radius 3 is 2.77 bits per heavy atom. The standard InChI is InChI=1S/C23H28FN3O4/c1-15-11-20(27-7-9-30-10-8-27)26-21(17-4-5-17)22(15)31-23(28)25-13-16-3-6-19(24)18(12-16)14-29-2/h3,6,11-12,17H,4-5,7-10,13-14H2,1-2H3,(H,25,28). The third-order valence-electron chi connectivity index (χ3n) is 5.51. The van der Waals surface area contributed by atoms with Gasteiger partial charge in [0.1, 0.15) is 11.6 Å². The van der Waals surface area contributed by atoms with Crippen molar-refractivity contribution in [2.75, 3.05) is 38.3 Å². The molecule has 0 spiro atoms. The van der Waals surface area contributed by atoms with Gasteiger partial charge in [-0.1, -0.05) is 6.07 Å². The number of pyridine rings is 1. The first-order chi connectivity index (χ1) is 15.0. The third kappa shape index (κ3) is 5.32. The van der Waals surface area contributed by atoms with Gasteiger partial charge in [0, 0.05) is 38.2 Å². The minimum atomic E-state index is -0.552. The molecule has 1 saturated carbocycles. The highest BCUT2D eigenvalue weighted by atomic mass is 19.1. The molecule has 1 saturated heterocycles. The predicted octanol–water partition coefficient (Wildman–Crippen LogP) is 3.68. The molecule has 0 bridgehead atoms. The molecule has 0 radical (unpaired) electrons. The summed E-state index contributed by atoms with van der Waals surface area (Å²) in [6, 6.07) is 6.66. The van der Waals surface area contributed by atoms with Crippen molar-refractivity contribution in [1.82, 2.24) is 10.3 Å². The van der Waals surface area contributed by atoms with Gasteiger partial charge >= 0.3 is 6.09 Å². The maximum Gasteiger partial charge on any atom is 0.412 e. The highest BCUT2D eigenvalue weighted by Gasteiger charge is 2.31. The van der Waals surface area contributed by atoms with Crippen LogP contribution >= 0.6 is 0 Å². The summed E-state index contributed by atoms with van der Waals surface area (Å²) >= 11 is 0. The molecule has 0 unspecified atom stereocenters. The number of carbonyl (C=O) groups excluding carboxylic acids is 1. The van der Waals surface area contributed by atoms with Crippen LogP contribution in [0.4, 0.5) is 15.0 Å². The number of methoxy groups -OCH3 is 1. The number of amides is 1. The molecule has 2 fully saturated rings. The first kappa shape index (κ1) is 21.5. The highest BCUT2D eigenvalue weighted by Crippen LogP contribution is 2.45. The predicted molar refractivity (Wildman–Crippen MR) is 114 cm³/mol. The summed E-state index contributed by atoms with van der Waals surface area (Å²) in [4.78, 5) is 19.6. The van der Waals surface area contributed by atoms with E-state index in [0.29, 0.717) is 30.4 Å². The van der Waals surface area contributed by atoms with Crippen molar-refractivity contribution >= 4 is 11.9 Å². The van der Waals surface area contributed by atoms with Crippen LogP contribution in [0.3, 0.4) is 0 Å². The summed E-state index contributed by atoms with van der Waals surface area (Å²) in [6.07, 6.45) is 1.55. The summed E-state index contributed by atoms with van der Waals surface area (Å²) in [5.41, 5.74) is 2.95. The van der Waals surface area contributed by atoms with Crippen LogP contribution in [0.1, 0.15) is 41.1 Å². The summed E-state index contributed by atoms with van der Waals surface area (Å²) in [6.45, 7) is 5.34. The van der Waals surface area contributed by atoms with Gasteiger partial charge in [0.25, 0.3) is 0 Å². The molecule has 2 aromatic rings. The number of aryl methyl sites for hydroxylation is 1. The van der Waals surface area contributed by atoms with Gasteiger partial charge in [-0.05, 0) is 49.1 Å². The van der Waals surface area contributed by atoms with Crippen molar-refractivity contribution in [2.45, 2.75) is 38.8 Å². The number of hydrogen-bond donors (Lipinski definition) is 1. The van der Waals surface area contributed by atoms with Gasteiger partial charge in [-0.25, -0.2) is 14.2 Å². The largest absolute Gasteiger partial charge is 0.412 e. The van der Waals surface area contributed by atoms with E-state index in [1.165, 1.54) is 13.2 Å². The Hall–Kier alpha value is -2.71. The second-order valence-electron chi connectivity index (χ2n) is 7.99. The van der Waals surface area contributed by atoms with E-state index < -0.39 is 6.09 Å². The van der Waals surface area contributed by atoms with E-state index in [9.17, 15) is 9.18 Å². The van der Waals surface area contributed by atoms with E-state index in [1.807, 2.05) is 13.0 Å². The second-order valence-corrected chi connectivity index (χ2v) is 7.99. The smallest absolute Gasteiger partial charge is 0.408 e. The minimum Gasteiger partial charge on any atom is -0.408 e. The number of carbonyl (C=O) groups is 1. The number of halogens is 1. The zero-order chi connectivity index (χ0) is 21.8. The number of hydrogen-bond acceptors (Lipinski definition) is 6. The normalized spacial score (nSPS) is 16.3. The Morgan fingerprint density at radius 2 is 2.06 bits per heavy atom. The fourth-order valence-corrected chi connectivity index (χ4v) is 3.70. The van der Waals surface area contributed by atoms with Gasteiger partial charge in [-0.15, -0.1) is 0 Å². The van der Waals surface area contributed by atoms with E-state index in [-0.39, 0.29) is 19.0 Å². The highest BCUT2D eigenvalue weighted by molar-refractivity contribution is 5.72. The van der Waals surface area contributed by atoms with Crippen LogP contribution < -0.4 is 15.0 Å². The molecule has 4 rings (SSSR count). The Balaban J connectivity index is 1.44. The molecule has 166 valence electrons. The van der Waals surface area contributed by atoms with Crippen molar-refractivity contribution in [3.8, 4) is 5.75 Å². The Labute approximate surface area is 181 Å². The van der Waals surface area contributed by atoms with Gasteiger partial charge in [0.05, 0.1) is 25.5 Å². The van der Waals surface area contributed by atoms with E-state index in [1.54, 1.807) is 12.1 Å². The zero-order valence-electron chi connectivity index (χ0n) is 17.9. The third-order valence-corrected chi connectivity index (χ3v) is 5.51. The molecule has 31 heavy (non-hydrogen) atoms. The molecule has 1 N–H and O–H groups in total. The maximum absolute atomic E-state index is 13.8. The monoisotopic (exact) mass is 429 g/mol. The van der Waals surface area contributed by atoms with E-state index in [4.69, 9.17) is 19.2 Å². The number of aromatic nitrogens is 1. The van der Waals surface area contributed by atoms with Crippen LogP contribution in [-0.4, -0.2) is 44.5 Å². The SMILES string of the molecule is COCc1cc(CNC(=O)Oc2c(C)cc(N3CCOCC3)nc2C2CC2)ccc1F. The summed E-state index contributed by atoms with van der Waals surface area (Å²) < 4.78 is 29.9. The Bertz CT molecular complexity index is 943. The molecule has 2 heterocycles. The molecule has 8 heteroatoms. The lowest BCUT2D eigenvalue weighted by molar-refractivity contribution is 0.122. The van der Waals surface area contributed by atoms with Crippen LogP contribution in [0.25, 0.3) is 0 Å². The minimum absolute atomic E-state index is 0.176. The Kier molecular flexibility index (Phi) is 6.67. The molecular weight excluding hydrogens is 401 g/mol. The summed E-state index contributed by atoms with van der Waals surface area (Å²) in [5.74, 6) is 1.45. The molecule has 2 aliphatic rings. The lowest BCUT2D eigenvalue weighted by Crippen LogP contribution is -2.37. The molecule has 7 nitrogen and oxygen atoms in total. The van der Waals surface area contributed by atoms with Crippen molar-refractivity contribution < 1.29 is 23.4 Å². The van der Waals surface area contributed by atoms with Crippen molar-refractivity contribution in [2.24, 2.45) is 0 Å². The Morgan fingerprint density at radius 1 is 1.29 bits per heavy atom. The lowest BCUT2D eigenvalue weighted by atomic mass is 10.1. The quantitative estimate of drug-likeness (QED) is 0.724. The van der Waals surface area contributed by atoms with Crippen molar-refractivity contribution in [1.29, 1.82) is 0 Å². The fraction of sp³-hybridized carbons (Fsp3) is 0.478. The van der Waals surface area contributed by atoms with E-state index >= 15 is 0 Å². The number of nitrogens with zero attached hydrogens (tertiary/aromatic N) is 2. The van der Waals surface area contributed by atoms with Crippen LogP contribution in [0.5, 0.6) is 5.75 Å². The zero-order valence-corrected chi connectivity index (χ0v) is 17.9. The van der Waals surface area contributed by atoms with Gasteiger partial charge in [0.2, 0.25) is 0 Å². The molecule has 1 amide bonds. The number of ether oxygens (including phenoxy) is 3. The number of anilines is 1. The molecule has 1 aromatic carbocycles. The van der Waals surface area contributed by atoms with Crippen molar-refractivity contribution in [3.63, 3.8) is 0 Å².